The highest BCUT2D eigenvalue weighted by atomic mass is 16.5. The number of benzene rings is 1. The summed E-state index contributed by atoms with van der Waals surface area (Å²) in [5, 5.41) is 6.55. The average molecular weight is 288 g/mol. The molecule has 2 saturated heterocycles. The van der Waals surface area contributed by atoms with E-state index < -0.39 is 0 Å². The first-order chi connectivity index (χ1) is 10.2. The Morgan fingerprint density at radius 1 is 1.48 bits per heavy atom. The molecule has 0 aliphatic carbocycles. The first-order valence-corrected chi connectivity index (χ1v) is 7.99. The number of carbonyl (C=O) groups excluding carboxylic acids is 1. The van der Waals surface area contributed by atoms with E-state index in [1.807, 2.05) is 31.2 Å². The van der Waals surface area contributed by atoms with Gasteiger partial charge in [-0.05, 0) is 44.7 Å². The fraction of sp³-hybridized carbons (Fsp3) is 0.588. The second-order valence-corrected chi connectivity index (χ2v) is 6.24. The molecule has 3 rings (SSSR count). The summed E-state index contributed by atoms with van der Waals surface area (Å²) < 4.78 is 5.80. The summed E-state index contributed by atoms with van der Waals surface area (Å²) in [6.45, 7) is 4.14. The van der Waals surface area contributed by atoms with Gasteiger partial charge >= 0.3 is 0 Å². The number of carbonyl (C=O) groups is 1. The monoisotopic (exact) mass is 288 g/mol. The van der Waals surface area contributed by atoms with Gasteiger partial charge in [0.25, 0.3) is 0 Å². The summed E-state index contributed by atoms with van der Waals surface area (Å²) in [7, 11) is 0. The van der Waals surface area contributed by atoms with E-state index in [-0.39, 0.29) is 17.9 Å². The van der Waals surface area contributed by atoms with Gasteiger partial charge in [-0.25, -0.2) is 0 Å². The van der Waals surface area contributed by atoms with Crippen molar-refractivity contribution in [3.8, 4) is 5.75 Å². The number of ether oxygens (including phenoxy) is 1. The summed E-state index contributed by atoms with van der Waals surface area (Å²) >= 11 is 0. The normalized spacial score (nSPS) is 28.4. The molecule has 2 N–H and O–H groups in total. The Morgan fingerprint density at radius 3 is 3.00 bits per heavy atom. The first kappa shape index (κ1) is 14.4. The Balaban J connectivity index is 1.62. The third-order valence-electron chi connectivity index (χ3n) is 4.65. The van der Waals surface area contributed by atoms with Crippen LogP contribution < -0.4 is 15.4 Å². The number of anilines is 1. The predicted octanol–water partition coefficient (Wildman–Crippen LogP) is 2.94. The van der Waals surface area contributed by atoms with Crippen molar-refractivity contribution in [3.05, 3.63) is 24.3 Å². The van der Waals surface area contributed by atoms with Gasteiger partial charge in [-0.2, -0.15) is 0 Å². The molecule has 0 saturated carbocycles. The lowest BCUT2D eigenvalue weighted by Gasteiger charge is -2.20. The van der Waals surface area contributed by atoms with Crippen LogP contribution in [-0.2, 0) is 4.79 Å². The number of fused-ring (bicyclic) bond motifs is 2. The van der Waals surface area contributed by atoms with Crippen LogP contribution in [0.2, 0.25) is 0 Å². The fourth-order valence-electron chi connectivity index (χ4n) is 3.31. The van der Waals surface area contributed by atoms with Crippen molar-refractivity contribution in [3.63, 3.8) is 0 Å². The van der Waals surface area contributed by atoms with Crippen LogP contribution in [0.4, 0.5) is 5.69 Å². The molecule has 1 amide bonds. The molecule has 0 radical (unpaired) electrons. The van der Waals surface area contributed by atoms with E-state index in [0.717, 1.165) is 30.7 Å². The largest absolute Gasteiger partial charge is 0.491 e. The quantitative estimate of drug-likeness (QED) is 0.876. The van der Waals surface area contributed by atoms with Crippen LogP contribution in [0.25, 0.3) is 0 Å². The van der Waals surface area contributed by atoms with Gasteiger partial charge < -0.3 is 15.4 Å². The lowest BCUT2D eigenvalue weighted by atomic mass is 9.88. The summed E-state index contributed by atoms with van der Waals surface area (Å²) in [4.78, 5) is 12.4. The maximum Gasteiger partial charge on any atom is 0.229 e. The van der Waals surface area contributed by atoms with Crippen molar-refractivity contribution in [1.82, 2.24) is 5.32 Å². The smallest absolute Gasteiger partial charge is 0.229 e. The Labute approximate surface area is 126 Å². The molecule has 0 aromatic heterocycles. The number of amides is 1. The molecule has 2 bridgehead atoms. The molecular weight excluding hydrogens is 264 g/mol. The topological polar surface area (TPSA) is 50.4 Å². The Hall–Kier alpha value is -1.55. The van der Waals surface area contributed by atoms with Crippen LogP contribution in [0.3, 0.4) is 0 Å². The van der Waals surface area contributed by atoms with Crippen molar-refractivity contribution in [2.45, 2.75) is 57.7 Å². The highest BCUT2D eigenvalue weighted by molar-refractivity contribution is 5.93. The van der Waals surface area contributed by atoms with Crippen molar-refractivity contribution in [2.75, 3.05) is 5.32 Å². The van der Waals surface area contributed by atoms with Gasteiger partial charge in [-0.3, -0.25) is 4.79 Å². The lowest BCUT2D eigenvalue weighted by molar-refractivity contribution is -0.120. The van der Waals surface area contributed by atoms with Crippen LogP contribution in [0.5, 0.6) is 5.75 Å². The van der Waals surface area contributed by atoms with Crippen molar-refractivity contribution in [2.24, 2.45) is 5.92 Å². The average Bonchev–Trinajstić information content (AvgIpc) is 3.10. The number of hydrogen-bond acceptors (Lipinski definition) is 3. The Kier molecular flexibility index (Phi) is 4.15. The van der Waals surface area contributed by atoms with E-state index in [2.05, 4.69) is 17.6 Å². The standard InChI is InChI=1S/C17H24N2O2/c1-3-11(2)21-14-6-4-5-12(9-14)19-17(20)15-10-13-7-8-16(15)18-13/h4-6,9,11,13,15-16,18H,3,7-8,10H2,1-2H3,(H,19,20). The zero-order chi connectivity index (χ0) is 14.8. The Morgan fingerprint density at radius 2 is 2.33 bits per heavy atom. The zero-order valence-corrected chi connectivity index (χ0v) is 12.8. The summed E-state index contributed by atoms with van der Waals surface area (Å²) in [6, 6.07) is 8.60. The number of hydrogen-bond donors (Lipinski definition) is 2. The minimum Gasteiger partial charge on any atom is -0.491 e. The van der Waals surface area contributed by atoms with Crippen LogP contribution in [0.15, 0.2) is 24.3 Å². The molecule has 2 heterocycles. The molecule has 4 unspecified atom stereocenters. The summed E-state index contributed by atoms with van der Waals surface area (Å²) in [6.07, 6.45) is 4.46. The van der Waals surface area contributed by atoms with E-state index in [0.29, 0.717) is 12.1 Å². The molecule has 1 aromatic rings. The lowest BCUT2D eigenvalue weighted by Crippen LogP contribution is -2.32. The van der Waals surface area contributed by atoms with Gasteiger partial charge in [0, 0.05) is 23.8 Å². The summed E-state index contributed by atoms with van der Waals surface area (Å²) in [5.74, 6) is 1.06. The molecular formula is C17H24N2O2. The molecule has 2 aliphatic heterocycles. The van der Waals surface area contributed by atoms with Gasteiger partial charge in [0.2, 0.25) is 5.91 Å². The highest BCUT2D eigenvalue weighted by Gasteiger charge is 2.42. The van der Waals surface area contributed by atoms with E-state index in [1.165, 1.54) is 6.42 Å². The second-order valence-electron chi connectivity index (χ2n) is 6.24. The van der Waals surface area contributed by atoms with E-state index >= 15 is 0 Å². The second kappa shape index (κ2) is 6.06. The van der Waals surface area contributed by atoms with Gasteiger partial charge in [-0.15, -0.1) is 0 Å². The Bertz CT molecular complexity index is 517. The van der Waals surface area contributed by atoms with Crippen molar-refractivity contribution in [1.29, 1.82) is 0 Å². The number of nitrogens with one attached hydrogen (secondary N) is 2. The van der Waals surface area contributed by atoms with E-state index in [9.17, 15) is 4.79 Å². The van der Waals surface area contributed by atoms with Crippen molar-refractivity contribution >= 4 is 11.6 Å². The summed E-state index contributed by atoms with van der Waals surface area (Å²) in [5.41, 5.74) is 0.823. The molecule has 0 spiro atoms. The van der Waals surface area contributed by atoms with Crippen LogP contribution >= 0.6 is 0 Å². The highest BCUT2D eigenvalue weighted by Crippen LogP contribution is 2.34. The molecule has 4 nitrogen and oxygen atoms in total. The van der Waals surface area contributed by atoms with Gasteiger partial charge in [0.15, 0.2) is 0 Å². The molecule has 2 aliphatic rings. The molecule has 4 heteroatoms. The van der Waals surface area contributed by atoms with Gasteiger partial charge in [0.1, 0.15) is 5.75 Å². The third kappa shape index (κ3) is 3.21. The molecule has 1 aromatic carbocycles. The van der Waals surface area contributed by atoms with E-state index in [4.69, 9.17) is 4.74 Å². The maximum absolute atomic E-state index is 12.4. The van der Waals surface area contributed by atoms with Gasteiger partial charge in [0.05, 0.1) is 12.0 Å². The van der Waals surface area contributed by atoms with Crippen molar-refractivity contribution < 1.29 is 9.53 Å². The van der Waals surface area contributed by atoms with Gasteiger partial charge in [-0.1, -0.05) is 13.0 Å². The minimum atomic E-state index is 0.114. The van der Waals surface area contributed by atoms with Crippen LogP contribution in [-0.4, -0.2) is 24.1 Å². The van der Waals surface area contributed by atoms with Crippen LogP contribution in [0, 0.1) is 5.92 Å². The third-order valence-corrected chi connectivity index (χ3v) is 4.65. The molecule has 21 heavy (non-hydrogen) atoms. The maximum atomic E-state index is 12.4. The number of rotatable bonds is 5. The fourth-order valence-corrected chi connectivity index (χ4v) is 3.31. The first-order valence-electron chi connectivity index (χ1n) is 7.99. The predicted molar refractivity (Wildman–Crippen MR) is 83.5 cm³/mol. The molecule has 114 valence electrons. The van der Waals surface area contributed by atoms with Crippen LogP contribution in [0.1, 0.15) is 39.5 Å². The SMILES string of the molecule is CCC(C)Oc1cccc(NC(=O)C2CC3CCC2N3)c1. The molecule has 4 atom stereocenters. The van der Waals surface area contributed by atoms with E-state index in [1.54, 1.807) is 0 Å². The zero-order valence-electron chi connectivity index (χ0n) is 12.8. The minimum absolute atomic E-state index is 0.114. The molecule has 2 fully saturated rings.